The van der Waals surface area contributed by atoms with Gasteiger partial charge < -0.3 is 34.2 Å². The summed E-state index contributed by atoms with van der Waals surface area (Å²) in [5.74, 6) is -1.56. The summed E-state index contributed by atoms with van der Waals surface area (Å²) in [4.78, 5) is 59.2. The van der Waals surface area contributed by atoms with Crippen LogP contribution in [0, 0.1) is 0 Å². The summed E-state index contributed by atoms with van der Waals surface area (Å²) in [6, 6.07) is 0. The highest BCUT2D eigenvalue weighted by Gasteiger charge is 2.30. The number of carbonyl (C=O) groups excluding carboxylic acids is 3. The van der Waals surface area contributed by atoms with E-state index in [1.54, 1.807) is 0 Å². The molecule has 4 N–H and O–H groups in total. The first-order valence-electron chi connectivity index (χ1n) is 53.1. The van der Waals surface area contributed by atoms with Gasteiger partial charge in [-0.2, -0.15) is 0 Å². The van der Waals surface area contributed by atoms with Crippen LogP contribution in [0.2, 0.25) is 0 Å². The molecule has 0 heterocycles. The first-order chi connectivity index (χ1) is 63.2. The molecular formula is C111H196O16P2. The molecule has 0 aliphatic heterocycles. The Kier molecular flexibility index (Phi) is 98.8. The minimum atomic E-state index is -4.95. The van der Waals surface area contributed by atoms with Gasteiger partial charge in [0.2, 0.25) is 0 Å². The van der Waals surface area contributed by atoms with Crippen molar-refractivity contribution in [1.29, 1.82) is 0 Å². The van der Waals surface area contributed by atoms with Crippen molar-refractivity contribution in [1.82, 2.24) is 0 Å². The molecule has 0 bridgehead atoms. The Morgan fingerprint density at radius 3 is 0.612 bits per heavy atom. The Hall–Kier alpha value is -4.57. The van der Waals surface area contributed by atoms with Crippen LogP contribution in [-0.2, 0) is 55.8 Å². The fourth-order valence-electron chi connectivity index (χ4n) is 14.9. The fraction of sp³-hybridized carbons (Fsp3) is 0.757. The summed E-state index contributed by atoms with van der Waals surface area (Å²) in [5.41, 5.74) is 0. The second kappa shape index (κ2) is 102. The number of rotatable bonds is 101. The Labute approximate surface area is 791 Å². The minimum absolute atomic E-state index is 0.0921. The molecule has 0 amide bonds. The Bertz CT molecular complexity index is 2920. The number of phosphoric acid groups is 2. The predicted octanol–water partition coefficient (Wildman–Crippen LogP) is 33.8. The normalized spacial score (nSPS) is 14.2. The Morgan fingerprint density at radius 1 is 0.217 bits per heavy atom. The van der Waals surface area contributed by atoms with E-state index in [1.807, 2.05) is 0 Å². The van der Waals surface area contributed by atoms with Crippen molar-refractivity contribution in [2.45, 2.75) is 501 Å². The third-order valence-electron chi connectivity index (χ3n) is 23.0. The van der Waals surface area contributed by atoms with E-state index in [1.165, 1.54) is 283 Å². The maximum Gasteiger partial charge on any atom is 0.472 e. The van der Waals surface area contributed by atoms with Crippen molar-refractivity contribution in [2.75, 3.05) is 39.6 Å². The number of aliphatic hydroxyl groups excluding tert-OH is 2. The van der Waals surface area contributed by atoms with E-state index in [-0.39, 0.29) is 19.3 Å². The van der Waals surface area contributed by atoms with Gasteiger partial charge in [0.05, 0.1) is 26.4 Å². The third-order valence-corrected chi connectivity index (χ3v) is 24.9. The highest BCUT2D eigenvalue weighted by molar-refractivity contribution is 7.47. The van der Waals surface area contributed by atoms with Crippen LogP contribution in [-0.4, -0.2) is 95.9 Å². The Balaban J connectivity index is 4.53. The van der Waals surface area contributed by atoms with Crippen LogP contribution in [0.3, 0.4) is 0 Å². The standard InChI is InChI=1S/C111H196O16P2/c1-4-7-10-13-16-19-22-25-28-31-34-37-40-42-44-46-48-50-52-54-56-58-60-62-65-67-70-73-76-79-82-85-88-91-94-97-109(114)121-100-106(112)101-123-128(117,118)124-102-107(113)103-125-129(119,120)126-105-108(127-111(116)99-96-93-90-87-84-81-78-75-72-69-64-39-36-33-30-27-24-21-18-15-12-9-6-3)104-122-110(115)98-95-92-89-86-83-80-77-74-71-68-66-63-61-59-57-55-53-51-49-47-45-43-41-38-35-32-29-26-23-20-17-14-11-8-5-2/h16-21,25-30,34-39,42-45,69,72,106-108,112-113H,4-15,22-24,31-33,40-41,46-68,70-71,73-105H2,1-3H3,(H,117,118)(H,119,120)/b19-16-,20-17-,21-18-,28-25-,29-26-,30-27-,37-34-,38-35-,39-36-,44-42-,45-43-,72-69-. The average Bonchev–Trinajstić information content (AvgIpc) is 0.899. The number of hydrogen-bond acceptors (Lipinski definition) is 14. The first kappa shape index (κ1) is 124. The lowest BCUT2D eigenvalue weighted by atomic mass is 10.0. The molecule has 0 saturated carbocycles. The fourth-order valence-corrected chi connectivity index (χ4v) is 16.5. The van der Waals surface area contributed by atoms with Crippen molar-refractivity contribution < 1.29 is 75.8 Å². The van der Waals surface area contributed by atoms with E-state index >= 15 is 0 Å². The van der Waals surface area contributed by atoms with Crippen LogP contribution >= 0.6 is 15.6 Å². The molecule has 5 unspecified atom stereocenters. The summed E-state index contributed by atoms with van der Waals surface area (Å²) in [6.07, 6.45) is 132. The number of carbonyl (C=O) groups is 3. The molecule has 0 aromatic heterocycles. The van der Waals surface area contributed by atoms with Gasteiger partial charge in [-0.3, -0.25) is 32.5 Å². The smallest absolute Gasteiger partial charge is 0.463 e. The van der Waals surface area contributed by atoms with Crippen LogP contribution in [0.5, 0.6) is 0 Å². The highest BCUT2D eigenvalue weighted by Crippen LogP contribution is 2.45. The van der Waals surface area contributed by atoms with Crippen molar-refractivity contribution in [2.24, 2.45) is 0 Å². The van der Waals surface area contributed by atoms with E-state index < -0.39 is 91.5 Å². The van der Waals surface area contributed by atoms with Gasteiger partial charge in [-0.25, -0.2) is 9.13 Å². The van der Waals surface area contributed by atoms with Crippen LogP contribution in [0.25, 0.3) is 0 Å². The second-order valence-corrected chi connectivity index (χ2v) is 38.6. The molecule has 0 aliphatic carbocycles. The zero-order valence-electron chi connectivity index (χ0n) is 82.8. The number of unbranched alkanes of at least 4 members (excludes halogenated alkanes) is 54. The lowest BCUT2D eigenvalue weighted by molar-refractivity contribution is -0.161. The molecular weight excluding hydrogens is 1650 g/mol. The van der Waals surface area contributed by atoms with Gasteiger partial charge in [-0.15, -0.1) is 0 Å². The number of phosphoric ester groups is 2. The van der Waals surface area contributed by atoms with Crippen LogP contribution in [0.1, 0.15) is 483 Å². The number of allylic oxidation sites excluding steroid dienone is 24. The third kappa shape index (κ3) is 104. The lowest BCUT2D eigenvalue weighted by Crippen LogP contribution is -2.30. The molecule has 5 atom stereocenters. The minimum Gasteiger partial charge on any atom is -0.463 e. The molecule has 0 rings (SSSR count). The number of hydrogen-bond donors (Lipinski definition) is 4. The molecule has 0 radical (unpaired) electrons. The van der Waals surface area contributed by atoms with E-state index in [4.69, 9.17) is 32.3 Å². The average molecular weight is 1850 g/mol. The molecule has 0 fully saturated rings. The van der Waals surface area contributed by atoms with Gasteiger partial charge in [0, 0.05) is 19.3 Å². The Morgan fingerprint density at radius 2 is 0.388 bits per heavy atom. The molecule has 0 saturated heterocycles. The maximum atomic E-state index is 13.1. The van der Waals surface area contributed by atoms with Gasteiger partial charge in [-0.1, -0.05) is 456 Å². The van der Waals surface area contributed by atoms with Crippen LogP contribution in [0.15, 0.2) is 146 Å². The molecule has 16 nitrogen and oxygen atoms in total. The zero-order chi connectivity index (χ0) is 93.5. The number of esters is 3. The summed E-state index contributed by atoms with van der Waals surface area (Å²) in [5, 5.41) is 20.8. The SMILES string of the molecule is CCCCC/C=C\C/C=C\C/C=C\C/C=C\CCCCCCCCCCCCCCCCCCCCCC(=O)OCC(O)COP(=O)(O)OCC(O)COP(=O)(O)OCC(COC(=O)CCCCCCCCCCCCCCCCCCCCC/C=C\C/C=C\C/C=C\C/C=C\CCCCC)OC(=O)CCCCCCCCC/C=C\C/C=C\C/C=C\C/C=C\CCCCC. The van der Waals surface area contributed by atoms with Gasteiger partial charge in [-0.05, 0) is 154 Å². The lowest BCUT2D eigenvalue weighted by Gasteiger charge is -2.21. The summed E-state index contributed by atoms with van der Waals surface area (Å²) >= 11 is 0. The topological polar surface area (TPSA) is 231 Å². The monoisotopic (exact) mass is 1850 g/mol. The molecule has 0 aromatic rings. The predicted molar refractivity (Wildman–Crippen MR) is 546 cm³/mol. The molecule has 746 valence electrons. The zero-order valence-corrected chi connectivity index (χ0v) is 84.6. The van der Waals surface area contributed by atoms with Crippen molar-refractivity contribution >= 4 is 33.6 Å². The molecule has 18 heteroatoms. The number of aliphatic hydroxyl groups is 2. The molecule has 0 aromatic carbocycles. The quantitative estimate of drug-likeness (QED) is 0.0146. The second-order valence-electron chi connectivity index (χ2n) is 35.7. The van der Waals surface area contributed by atoms with Gasteiger partial charge in [0.1, 0.15) is 25.4 Å². The van der Waals surface area contributed by atoms with Gasteiger partial charge in [0.25, 0.3) is 0 Å². The van der Waals surface area contributed by atoms with Gasteiger partial charge in [0.15, 0.2) is 6.10 Å². The van der Waals surface area contributed by atoms with E-state index in [2.05, 4.69) is 167 Å². The van der Waals surface area contributed by atoms with E-state index in [0.29, 0.717) is 19.3 Å². The van der Waals surface area contributed by atoms with Crippen molar-refractivity contribution in [3.05, 3.63) is 146 Å². The first-order valence-corrected chi connectivity index (χ1v) is 56.1. The van der Waals surface area contributed by atoms with Gasteiger partial charge >= 0.3 is 33.6 Å². The molecule has 129 heavy (non-hydrogen) atoms. The van der Waals surface area contributed by atoms with Crippen LogP contribution < -0.4 is 0 Å². The largest absolute Gasteiger partial charge is 0.472 e. The summed E-state index contributed by atoms with van der Waals surface area (Å²) in [7, 11) is -9.82. The molecule has 0 spiro atoms. The highest BCUT2D eigenvalue weighted by atomic mass is 31.2. The van der Waals surface area contributed by atoms with Crippen LogP contribution in [0.4, 0.5) is 0 Å². The van der Waals surface area contributed by atoms with E-state index in [0.717, 1.165) is 141 Å². The molecule has 0 aliphatic rings. The van der Waals surface area contributed by atoms with Crippen molar-refractivity contribution in [3.63, 3.8) is 0 Å². The number of ether oxygens (including phenoxy) is 3. The van der Waals surface area contributed by atoms with Crippen molar-refractivity contribution in [3.8, 4) is 0 Å². The maximum absolute atomic E-state index is 13.1. The summed E-state index contributed by atoms with van der Waals surface area (Å²) < 4.78 is 61.7. The summed E-state index contributed by atoms with van der Waals surface area (Å²) in [6.45, 7) is 2.68. The van der Waals surface area contributed by atoms with E-state index in [9.17, 15) is 43.5 Å².